The topological polar surface area (TPSA) is 61.0 Å². The molecule has 2 aromatic rings. The van der Waals surface area contributed by atoms with E-state index in [4.69, 9.17) is 15.5 Å². The average Bonchev–Trinajstić information content (AvgIpc) is 2.53. The van der Waals surface area contributed by atoms with Gasteiger partial charge in [-0.05, 0) is 43.4 Å². The summed E-state index contributed by atoms with van der Waals surface area (Å²) in [6.07, 6.45) is 6.62. The predicted molar refractivity (Wildman–Crippen MR) is 78.7 cm³/mol. The molecule has 3 rings (SSSR count). The van der Waals surface area contributed by atoms with E-state index in [1.807, 2.05) is 30.5 Å². The fraction of sp³-hybridized carbons (Fsp3) is 0.375. The second-order valence-electron chi connectivity index (χ2n) is 5.04. The van der Waals surface area contributed by atoms with Crippen molar-refractivity contribution in [2.75, 3.05) is 13.2 Å². The van der Waals surface area contributed by atoms with Gasteiger partial charge in [0.05, 0.1) is 0 Å². The van der Waals surface area contributed by atoms with Crippen LogP contribution in [-0.4, -0.2) is 23.1 Å². The van der Waals surface area contributed by atoms with Crippen molar-refractivity contribution in [3.63, 3.8) is 0 Å². The third-order valence-corrected chi connectivity index (χ3v) is 3.54. The molecule has 4 nitrogen and oxygen atoms in total. The van der Waals surface area contributed by atoms with Crippen LogP contribution in [0.4, 0.5) is 0 Å². The Balaban J connectivity index is 1.88. The summed E-state index contributed by atoms with van der Waals surface area (Å²) in [6.45, 7) is 1.04. The molecule has 0 saturated carbocycles. The molecule has 0 fully saturated rings. The number of ether oxygens (including phenoxy) is 1. The predicted octanol–water partition coefficient (Wildman–Crippen LogP) is 2.36. The van der Waals surface area contributed by atoms with Crippen LogP contribution < -0.4 is 10.5 Å². The summed E-state index contributed by atoms with van der Waals surface area (Å²) in [4.78, 5) is 9.21. The second-order valence-corrected chi connectivity index (χ2v) is 5.04. The molecule has 1 aromatic heterocycles. The lowest BCUT2D eigenvalue weighted by atomic mass is 9.97. The summed E-state index contributed by atoms with van der Waals surface area (Å²) >= 11 is 0. The van der Waals surface area contributed by atoms with Crippen LogP contribution in [0.3, 0.4) is 0 Å². The Kier molecular flexibility index (Phi) is 3.92. The van der Waals surface area contributed by atoms with Gasteiger partial charge in [-0.1, -0.05) is 12.1 Å². The largest absolute Gasteiger partial charge is 0.492 e. The van der Waals surface area contributed by atoms with Gasteiger partial charge in [-0.25, -0.2) is 9.97 Å². The SMILES string of the molecule is NCCOc1cccc(-c2ncc3c(n2)CCCC3)c1. The molecule has 20 heavy (non-hydrogen) atoms. The molecule has 0 amide bonds. The molecule has 1 aliphatic carbocycles. The zero-order valence-electron chi connectivity index (χ0n) is 11.5. The number of hydrogen-bond acceptors (Lipinski definition) is 4. The van der Waals surface area contributed by atoms with Crippen molar-refractivity contribution >= 4 is 0 Å². The van der Waals surface area contributed by atoms with Gasteiger partial charge in [0.15, 0.2) is 5.82 Å². The number of fused-ring (bicyclic) bond motifs is 1. The lowest BCUT2D eigenvalue weighted by Crippen LogP contribution is -2.10. The first-order valence-electron chi connectivity index (χ1n) is 7.15. The lowest BCUT2D eigenvalue weighted by Gasteiger charge is -2.15. The Morgan fingerprint density at radius 3 is 3.00 bits per heavy atom. The first-order valence-corrected chi connectivity index (χ1v) is 7.15. The van der Waals surface area contributed by atoms with E-state index in [0.717, 1.165) is 30.0 Å². The molecule has 2 N–H and O–H groups in total. The Hall–Kier alpha value is -1.94. The van der Waals surface area contributed by atoms with Crippen LogP contribution in [0.25, 0.3) is 11.4 Å². The number of aromatic nitrogens is 2. The summed E-state index contributed by atoms with van der Waals surface area (Å²) in [5.74, 6) is 1.60. The van der Waals surface area contributed by atoms with Gasteiger partial charge < -0.3 is 10.5 Å². The molecule has 0 bridgehead atoms. The average molecular weight is 269 g/mol. The van der Waals surface area contributed by atoms with E-state index in [2.05, 4.69) is 4.98 Å². The van der Waals surface area contributed by atoms with E-state index < -0.39 is 0 Å². The van der Waals surface area contributed by atoms with E-state index in [9.17, 15) is 0 Å². The molecule has 1 aliphatic rings. The van der Waals surface area contributed by atoms with Gasteiger partial charge in [-0.2, -0.15) is 0 Å². The highest BCUT2D eigenvalue weighted by Gasteiger charge is 2.13. The summed E-state index contributed by atoms with van der Waals surface area (Å²) in [5, 5.41) is 0. The Morgan fingerprint density at radius 1 is 1.20 bits per heavy atom. The summed E-state index contributed by atoms with van der Waals surface area (Å²) in [7, 11) is 0. The van der Waals surface area contributed by atoms with Crippen LogP contribution in [0, 0.1) is 0 Å². The van der Waals surface area contributed by atoms with Crippen molar-refractivity contribution in [3.05, 3.63) is 41.7 Å². The summed E-state index contributed by atoms with van der Waals surface area (Å²) < 4.78 is 5.55. The molecule has 0 unspecified atom stereocenters. The molecular weight excluding hydrogens is 250 g/mol. The van der Waals surface area contributed by atoms with Crippen molar-refractivity contribution in [3.8, 4) is 17.1 Å². The maximum absolute atomic E-state index is 5.55. The van der Waals surface area contributed by atoms with Crippen LogP contribution in [0.15, 0.2) is 30.5 Å². The molecule has 104 valence electrons. The first-order chi connectivity index (χ1) is 9.86. The van der Waals surface area contributed by atoms with Crippen molar-refractivity contribution in [2.45, 2.75) is 25.7 Å². The van der Waals surface area contributed by atoms with Crippen molar-refractivity contribution in [1.29, 1.82) is 0 Å². The van der Waals surface area contributed by atoms with Gasteiger partial charge in [-0.3, -0.25) is 0 Å². The molecule has 4 heteroatoms. The highest BCUT2D eigenvalue weighted by molar-refractivity contribution is 5.57. The van der Waals surface area contributed by atoms with E-state index in [1.165, 1.54) is 24.1 Å². The Bertz CT molecular complexity index is 598. The van der Waals surface area contributed by atoms with Crippen molar-refractivity contribution in [1.82, 2.24) is 9.97 Å². The highest BCUT2D eigenvalue weighted by atomic mass is 16.5. The van der Waals surface area contributed by atoms with Crippen LogP contribution in [0.5, 0.6) is 5.75 Å². The fourth-order valence-corrected chi connectivity index (χ4v) is 2.52. The zero-order valence-corrected chi connectivity index (χ0v) is 11.5. The Labute approximate surface area is 119 Å². The normalized spacial score (nSPS) is 13.8. The molecule has 0 spiro atoms. The number of rotatable bonds is 4. The summed E-state index contributed by atoms with van der Waals surface area (Å²) in [5.41, 5.74) is 8.95. The minimum absolute atomic E-state index is 0.513. The molecule has 1 heterocycles. The summed E-state index contributed by atoms with van der Waals surface area (Å²) in [6, 6.07) is 7.88. The van der Waals surface area contributed by atoms with Gasteiger partial charge in [0.1, 0.15) is 12.4 Å². The number of nitrogens with zero attached hydrogens (tertiary/aromatic N) is 2. The molecular formula is C16H19N3O. The smallest absolute Gasteiger partial charge is 0.159 e. The van der Waals surface area contributed by atoms with E-state index in [0.29, 0.717) is 13.2 Å². The van der Waals surface area contributed by atoms with Crippen molar-refractivity contribution in [2.24, 2.45) is 5.73 Å². The number of hydrogen-bond donors (Lipinski definition) is 1. The van der Waals surface area contributed by atoms with Gasteiger partial charge in [-0.15, -0.1) is 0 Å². The van der Waals surface area contributed by atoms with Crippen LogP contribution in [0.2, 0.25) is 0 Å². The molecule has 1 aromatic carbocycles. The van der Waals surface area contributed by atoms with E-state index in [-0.39, 0.29) is 0 Å². The number of nitrogens with two attached hydrogens (primary N) is 1. The lowest BCUT2D eigenvalue weighted by molar-refractivity contribution is 0.328. The minimum Gasteiger partial charge on any atom is -0.492 e. The third-order valence-electron chi connectivity index (χ3n) is 3.54. The highest BCUT2D eigenvalue weighted by Crippen LogP contribution is 2.24. The monoisotopic (exact) mass is 269 g/mol. The maximum atomic E-state index is 5.55. The fourth-order valence-electron chi connectivity index (χ4n) is 2.52. The van der Waals surface area contributed by atoms with Crippen molar-refractivity contribution < 1.29 is 4.74 Å². The van der Waals surface area contributed by atoms with E-state index in [1.54, 1.807) is 0 Å². The minimum atomic E-state index is 0.513. The first kappa shape index (κ1) is 13.1. The zero-order chi connectivity index (χ0) is 13.8. The van der Waals surface area contributed by atoms with Gasteiger partial charge in [0.25, 0.3) is 0 Å². The van der Waals surface area contributed by atoms with E-state index >= 15 is 0 Å². The molecule has 0 atom stereocenters. The molecule has 0 saturated heterocycles. The quantitative estimate of drug-likeness (QED) is 0.925. The van der Waals surface area contributed by atoms with Gasteiger partial charge in [0.2, 0.25) is 0 Å². The van der Waals surface area contributed by atoms with Crippen LogP contribution in [-0.2, 0) is 12.8 Å². The second kappa shape index (κ2) is 6.01. The number of benzene rings is 1. The van der Waals surface area contributed by atoms with Crippen LogP contribution >= 0.6 is 0 Å². The number of aryl methyl sites for hydroxylation is 2. The third kappa shape index (κ3) is 2.80. The Morgan fingerprint density at radius 2 is 2.10 bits per heavy atom. The van der Waals surface area contributed by atoms with Gasteiger partial charge in [0, 0.05) is 24.0 Å². The molecule has 0 aliphatic heterocycles. The van der Waals surface area contributed by atoms with Crippen LogP contribution in [0.1, 0.15) is 24.1 Å². The standard InChI is InChI=1S/C16H19N3O/c17-8-9-20-14-6-3-5-12(10-14)16-18-11-13-4-1-2-7-15(13)19-16/h3,5-6,10-11H,1-2,4,7-9,17H2. The maximum Gasteiger partial charge on any atom is 0.159 e. The molecule has 0 radical (unpaired) electrons. The van der Waals surface area contributed by atoms with Gasteiger partial charge >= 0.3 is 0 Å².